The molecule has 1 aromatic rings. The van der Waals surface area contributed by atoms with Crippen LogP contribution in [0.5, 0.6) is 11.5 Å². The number of nitrogens with two attached hydrogens (primary N) is 1. The molecule has 5 nitrogen and oxygen atoms in total. The van der Waals surface area contributed by atoms with Crippen LogP contribution in [-0.4, -0.2) is 38.2 Å². The van der Waals surface area contributed by atoms with Crippen LogP contribution in [0.4, 0.5) is 5.69 Å². The summed E-state index contributed by atoms with van der Waals surface area (Å²) in [6, 6.07) is 5.25. The van der Waals surface area contributed by atoms with E-state index in [0.29, 0.717) is 29.5 Å². The zero-order valence-electron chi connectivity index (χ0n) is 10.6. The number of ether oxygens (including phenoxy) is 2. The number of amides is 1. The van der Waals surface area contributed by atoms with Crippen molar-refractivity contribution in [1.82, 2.24) is 0 Å². The molecule has 1 aromatic carbocycles. The normalized spacial score (nSPS) is 9.94. The first-order valence-corrected chi connectivity index (χ1v) is 6.66. The molecule has 1 rings (SSSR count). The van der Waals surface area contributed by atoms with Crippen LogP contribution in [0.15, 0.2) is 18.2 Å². The molecule has 0 spiro atoms. The fourth-order valence-electron chi connectivity index (χ4n) is 1.36. The van der Waals surface area contributed by atoms with Gasteiger partial charge in [0.2, 0.25) is 5.91 Å². The number of anilines is 1. The molecule has 0 fully saturated rings. The van der Waals surface area contributed by atoms with E-state index in [0.717, 1.165) is 5.75 Å². The Bertz CT molecular complexity index is 399. The lowest BCUT2D eigenvalue weighted by Gasteiger charge is -2.10. The molecule has 0 aromatic heterocycles. The van der Waals surface area contributed by atoms with Crippen LogP contribution in [0, 0.1) is 0 Å². The molecule has 0 aliphatic carbocycles. The Kier molecular flexibility index (Phi) is 6.38. The summed E-state index contributed by atoms with van der Waals surface area (Å²) in [5.41, 5.74) is 6.04. The van der Waals surface area contributed by atoms with E-state index in [-0.39, 0.29) is 5.91 Å². The highest BCUT2D eigenvalue weighted by molar-refractivity contribution is 7.99. The van der Waals surface area contributed by atoms with Crippen molar-refractivity contribution in [1.29, 1.82) is 0 Å². The van der Waals surface area contributed by atoms with Crippen LogP contribution in [0.25, 0.3) is 0 Å². The third kappa shape index (κ3) is 4.46. The van der Waals surface area contributed by atoms with Crippen molar-refractivity contribution in [2.24, 2.45) is 5.73 Å². The van der Waals surface area contributed by atoms with Crippen LogP contribution < -0.4 is 20.5 Å². The summed E-state index contributed by atoms with van der Waals surface area (Å²) in [6.07, 6.45) is 0. The van der Waals surface area contributed by atoms with Gasteiger partial charge in [0.15, 0.2) is 11.5 Å². The summed E-state index contributed by atoms with van der Waals surface area (Å²) in [5, 5.41) is 2.79. The maximum absolute atomic E-state index is 11.6. The summed E-state index contributed by atoms with van der Waals surface area (Å²) >= 11 is 1.51. The summed E-state index contributed by atoms with van der Waals surface area (Å²) in [5.74, 6) is 2.34. The number of rotatable bonds is 7. The summed E-state index contributed by atoms with van der Waals surface area (Å²) in [7, 11) is 3.13. The van der Waals surface area contributed by atoms with E-state index < -0.39 is 0 Å². The lowest BCUT2D eigenvalue weighted by molar-refractivity contribution is -0.113. The number of carbonyl (C=O) groups is 1. The third-order valence-electron chi connectivity index (χ3n) is 2.16. The van der Waals surface area contributed by atoms with Crippen molar-refractivity contribution in [3.05, 3.63) is 18.2 Å². The number of nitrogens with one attached hydrogen (secondary N) is 1. The van der Waals surface area contributed by atoms with Crippen molar-refractivity contribution >= 4 is 23.4 Å². The number of carbonyl (C=O) groups excluding carboxylic acids is 1. The van der Waals surface area contributed by atoms with E-state index in [1.807, 2.05) is 0 Å². The van der Waals surface area contributed by atoms with E-state index in [2.05, 4.69) is 5.32 Å². The van der Waals surface area contributed by atoms with Crippen LogP contribution in [0.2, 0.25) is 0 Å². The first kappa shape index (κ1) is 14.7. The zero-order valence-corrected chi connectivity index (χ0v) is 11.4. The van der Waals surface area contributed by atoms with E-state index >= 15 is 0 Å². The predicted octanol–water partition coefficient (Wildman–Crippen LogP) is 1.33. The molecule has 0 aliphatic rings. The molecule has 0 heterocycles. The summed E-state index contributed by atoms with van der Waals surface area (Å²) < 4.78 is 10.3. The monoisotopic (exact) mass is 270 g/mol. The van der Waals surface area contributed by atoms with Gasteiger partial charge >= 0.3 is 0 Å². The fraction of sp³-hybridized carbons (Fsp3) is 0.417. The van der Waals surface area contributed by atoms with Gasteiger partial charge in [0.05, 0.1) is 20.0 Å². The Morgan fingerprint density at radius 1 is 1.33 bits per heavy atom. The lowest BCUT2D eigenvalue weighted by atomic mass is 10.2. The van der Waals surface area contributed by atoms with Crippen molar-refractivity contribution in [3.8, 4) is 11.5 Å². The highest BCUT2D eigenvalue weighted by Gasteiger charge is 2.07. The van der Waals surface area contributed by atoms with Crippen molar-refractivity contribution in [3.63, 3.8) is 0 Å². The highest BCUT2D eigenvalue weighted by atomic mass is 32.2. The second-order valence-electron chi connectivity index (χ2n) is 3.46. The molecule has 18 heavy (non-hydrogen) atoms. The molecule has 1 amide bonds. The lowest BCUT2D eigenvalue weighted by Crippen LogP contribution is -2.15. The Balaban J connectivity index is 2.59. The molecule has 0 radical (unpaired) electrons. The zero-order chi connectivity index (χ0) is 13.4. The van der Waals surface area contributed by atoms with Gasteiger partial charge in [-0.2, -0.15) is 11.8 Å². The maximum Gasteiger partial charge on any atom is 0.234 e. The van der Waals surface area contributed by atoms with Gasteiger partial charge in [-0.05, 0) is 12.1 Å². The molecule has 0 atom stereocenters. The first-order chi connectivity index (χ1) is 8.71. The predicted molar refractivity (Wildman–Crippen MR) is 74.6 cm³/mol. The number of benzene rings is 1. The van der Waals surface area contributed by atoms with Gasteiger partial charge in [0.1, 0.15) is 0 Å². The van der Waals surface area contributed by atoms with Crippen LogP contribution in [-0.2, 0) is 4.79 Å². The molecule has 3 N–H and O–H groups in total. The van der Waals surface area contributed by atoms with Crippen molar-refractivity contribution < 1.29 is 14.3 Å². The van der Waals surface area contributed by atoms with Crippen molar-refractivity contribution in [2.75, 3.05) is 37.6 Å². The van der Waals surface area contributed by atoms with E-state index in [4.69, 9.17) is 15.2 Å². The number of thioether (sulfide) groups is 1. The molecule has 0 saturated carbocycles. The topological polar surface area (TPSA) is 73.6 Å². The number of methoxy groups -OCH3 is 2. The van der Waals surface area contributed by atoms with E-state index in [1.165, 1.54) is 11.8 Å². The molecule has 0 bridgehead atoms. The van der Waals surface area contributed by atoms with Crippen molar-refractivity contribution in [2.45, 2.75) is 0 Å². The van der Waals surface area contributed by atoms with E-state index in [9.17, 15) is 4.79 Å². The smallest absolute Gasteiger partial charge is 0.234 e. The Morgan fingerprint density at radius 2 is 2.06 bits per heavy atom. The first-order valence-electron chi connectivity index (χ1n) is 5.51. The maximum atomic E-state index is 11.6. The minimum absolute atomic E-state index is 0.0549. The molecular formula is C12H18N2O3S. The fourth-order valence-corrected chi connectivity index (χ4v) is 1.93. The largest absolute Gasteiger partial charge is 0.493 e. The molecule has 6 heteroatoms. The number of hydrogen-bond donors (Lipinski definition) is 2. The van der Waals surface area contributed by atoms with Crippen LogP contribution in [0.3, 0.4) is 0 Å². The Labute approximate surface area is 111 Å². The quantitative estimate of drug-likeness (QED) is 0.731. The number of hydrogen-bond acceptors (Lipinski definition) is 5. The second kappa shape index (κ2) is 7.84. The standard InChI is InChI=1S/C12H18N2O3S/c1-16-10-4-3-9(7-11(10)17-2)14-12(15)8-18-6-5-13/h3-4,7H,5-6,8,13H2,1-2H3,(H,14,15). The highest BCUT2D eigenvalue weighted by Crippen LogP contribution is 2.29. The minimum atomic E-state index is -0.0549. The van der Waals surface area contributed by atoms with Gasteiger partial charge in [-0.25, -0.2) is 0 Å². The van der Waals surface area contributed by atoms with Crippen LogP contribution in [0.1, 0.15) is 0 Å². The SMILES string of the molecule is COc1ccc(NC(=O)CSCCN)cc1OC. The Hall–Kier alpha value is -1.40. The van der Waals surface area contributed by atoms with Gasteiger partial charge in [0, 0.05) is 24.1 Å². The molecule has 0 aliphatic heterocycles. The average molecular weight is 270 g/mol. The molecule has 0 saturated heterocycles. The van der Waals surface area contributed by atoms with Gasteiger partial charge in [-0.1, -0.05) is 0 Å². The molecule has 100 valence electrons. The van der Waals surface area contributed by atoms with Crippen LogP contribution >= 0.6 is 11.8 Å². The van der Waals surface area contributed by atoms with Gasteiger partial charge in [0.25, 0.3) is 0 Å². The molecular weight excluding hydrogens is 252 g/mol. The minimum Gasteiger partial charge on any atom is -0.493 e. The third-order valence-corrected chi connectivity index (χ3v) is 3.15. The average Bonchev–Trinajstić information content (AvgIpc) is 2.39. The van der Waals surface area contributed by atoms with E-state index in [1.54, 1.807) is 32.4 Å². The second-order valence-corrected chi connectivity index (χ2v) is 4.56. The Morgan fingerprint density at radius 3 is 2.67 bits per heavy atom. The van der Waals surface area contributed by atoms with Gasteiger partial charge < -0.3 is 20.5 Å². The molecule has 0 unspecified atom stereocenters. The van der Waals surface area contributed by atoms with Gasteiger partial charge in [-0.15, -0.1) is 0 Å². The summed E-state index contributed by atoms with van der Waals surface area (Å²) in [4.78, 5) is 11.6. The summed E-state index contributed by atoms with van der Waals surface area (Å²) in [6.45, 7) is 0.578. The van der Waals surface area contributed by atoms with Gasteiger partial charge in [-0.3, -0.25) is 4.79 Å².